The Morgan fingerprint density at radius 3 is 2.59 bits per heavy atom. The number of hydrogen-bond acceptors (Lipinski definition) is 1. The average Bonchev–Trinajstić information content (AvgIpc) is 2.30. The number of carbonyl (C=O) groups excluding carboxylic acids is 1. The smallest absolute Gasteiger partial charge is 0.251 e. The van der Waals surface area contributed by atoms with Gasteiger partial charge < -0.3 is 5.32 Å². The van der Waals surface area contributed by atoms with Crippen LogP contribution in [0.1, 0.15) is 29.8 Å². The first kappa shape index (κ1) is 14.7. The summed E-state index contributed by atoms with van der Waals surface area (Å²) in [5.41, 5.74) is 1.88. The van der Waals surface area contributed by atoms with Crippen LogP contribution in [0.2, 0.25) is 0 Å². The molecule has 0 spiro atoms. The van der Waals surface area contributed by atoms with Crippen molar-refractivity contribution in [1.82, 2.24) is 5.32 Å². The van der Waals surface area contributed by atoms with E-state index in [1.165, 1.54) is 0 Å². The fourth-order valence-electron chi connectivity index (χ4n) is 1.20. The van der Waals surface area contributed by atoms with E-state index in [4.69, 9.17) is 0 Å². The highest BCUT2D eigenvalue weighted by Gasteiger charge is 2.17. The molecule has 0 atom stereocenters. The molecule has 0 aliphatic carbocycles. The monoisotopic (exact) mass is 361 g/mol. The summed E-state index contributed by atoms with van der Waals surface area (Å²) in [5, 5.41) is 3.81. The minimum absolute atomic E-state index is 0.0280. The van der Waals surface area contributed by atoms with Gasteiger partial charge in [-0.2, -0.15) is 0 Å². The molecule has 0 heterocycles. The highest BCUT2D eigenvalue weighted by molar-refractivity contribution is 9.10. The van der Waals surface area contributed by atoms with E-state index in [0.717, 1.165) is 15.4 Å². The highest BCUT2D eigenvalue weighted by atomic mass is 79.9. The van der Waals surface area contributed by atoms with Crippen LogP contribution in [0.25, 0.3) is 0 Å². The molecule has 0 saturated heterocycles. The number of amides is 1. The maximum absolute atomic E-state index is 11.9. The quantitative estimate of drug-likeness (QED) is 0.808. The van der Waals surface area contributed by atoms with Gasteiger partial charge in [0, 0.05) is 21.9 Å². The van der Waals surface area contributed by atoms with Crippen molar-refractivity contribution in [3.05, 3.63) is 33.8 Å². The predicted molar refractivity (Wildman–Crippen MR) is 78.8 cm³/mol. The second-order valence-electron chi connectivity index (χ2n) is 4.94. The van der Waals surface area contributed by atoms with Gasteiger partial charge in [-0.1, -0.05) is 51.8 Å². The van der Waals surface area contributed by atoms with Crippen LogP contribution in [0, 0.1) is 12.3 Å². The number of alkyl halides is 1. The SMILES string of the molecule is Cc1ccc(C(=O)NCC(C)(C)CBr)cc1Br. The number of halogens is 2. The van der Waals surface area contributed by atoms with Crippen molar-refractivity contribution in [3.8, 4) is 0 Å². The predicted octanol–water partition coefficient (Wildman–Crippen LogP) is 3.91. The Kier molecular flexibility index (Phi) is 5.20. The number of carbonyl (C=O) groups is 1. The normalized spacial score (nSPS) is 11.4. The minimum Gasteiger partial charge on any atom is -0.351 e. The lowest BCUT2D eigenvalue weighted by Crippen LogP contribution is -2.34. The van der Waals surface area contributed by atoms with E-state index in [1.807, 2.05) is 25.1 Å². The topological polar surface area (TPSA) is 29.1 Å². The Labute approximate surface area is 119 Å². The van der Waals surface area contributed by atoms with Crippen LogP contribution >= 0.6 is 31.9 Å². The minimum atomic E-state index is -0.0280. The van der Waals surface area contributed by atoms with Crippen LogP contribution in [0.15, 0.2) is 22.7 Å². The molecule has 4 heteroatoms. The summed E-state index contributed by atoms with van der Waals surface area (Å²) >= 11 is 6.87. The standard InChI is InChI=1S/C13H17Br2NO/c1-9-4-5-10(6-11(9)15)12(17)16-8-13(2,3)7-14/h4-6H,7-8H2,1-3H3,(H,16,17). The second-order valence-corrected chi connectivity index (χ2v) is 6.36. The van der Waals surface area contributed by atoms with E-state index in [2.05, 4.69) is 51.0 Å². The molecule has 1 aromatic rings. The first-order valence-electron chi connectivity index (χ1n) is 5.46. The molecule has 0 aliphatic rings. The van der Waals surface area contributed by atoms with Gasteiger partial charge in [-0.3, -0.25) is 4.79 Å². The van der Waals surface area contributed by atoms with Crippen molar-refractivity contribution in [1.29, 1.82) is 0 Å². The number of nitrogens with one attached hydrogen (secondary N) is 1. The van der Waals surface area contributed by atoms with Crippen LogP contribution in [0.4, 0.5) is 0 Å². The lowest BCUT2D eigenvalue weighted by molar-refractivity contribution is 0.0940. The van der Waals surface area contributed by atoms with Gasteiger partial charge in [0.05, 0.1) is 0 Å². The zero-order chi connectivity index (χ0) is 13.1. The Balaban J connectivity index is 2.68. The van der Waals surface area contributed by atoms with Crippen LogP contribution in [0.3, 0.4) is 0 Å². The number of rotatable bonds is 4. The number of aryl methyl sites for hydroxylation is 1. The molecule has 0 aromatic heterocycles. The summed E-state index contributed by atoms with van der Waals surface area (Å²) in [6.07, 6.45) is 0. The van der Waals surface area contributed by atoms with E-state index >= 15 is 0 Å². The van der Waals surface area contributed by atoms with Crippen molar-refractivity contribution in [2.45, 2.75) is 20.8 Å². The van der Waals surface area contributed by atoms with E-state index < -0.39 is 0 Å². The second kappa shape index (κ2) is 6.01. The number of hydrogen-bond donors (Lipinski definition) is 1. The zero-order valence-corrected chi connectivity index (χ0v) is 13.5. The highest BCUT2D eigenvalue weighted by Crippen LogP contribution is 2.19. The van der Waals surface area contributed by atoms with Crippen LogP contribution in [-0.4, -0.2) is 17.8 Å². The fraction of sp³-hybridized carbons (Fsp3) is 0.462. The lowest BCUT2D eigenvalue weighted by atomic mass is 9.97. The first-order valence-corrected chi connectivity index (χ1v) is 7.37. The van der Waals surface area contributed by atoms with E-state index in [9.17, 15) is 4.79 Å². The molecule has 0 unspecified atom stereocenters. The van der Waals surface area contributed by atoms with Crippen molar-refractivity contribution in [2.24, 2.45) is 5.41 Å². The van der Waals surface area contributed by atoms with Crippen molar-refractivity contribution >= 4 is 37.8 Å². The summed E-state index contributed by atoms with van der Waals surface area (Å²) in [5.74, 6) is -0.0280. The molecule has 2 nitrogen and oxygen atoms in total. The van der Waals surface area contributed by atoms with E-state index in [-0.39, 0.29) is 11.3 Å². The van der Waals surface area contributed by atoms with Crippen molar-refractivity contribution in [2.75, 3.05) is 11.9 Å². The maximum Gasteiger partial charge on any atom is 0.251 e. The van der Waals surface area contributed by atoms with Gasteiger partial charge in [-0.05, 0) is 30.0 Å². The van der Waals surface area contributed by atoms with Crippen LogP contribution in [-0.2, 0) is 0 Å². The van der Waals surface area contributed by atoms with Crippen LogP contribution in [0.5, 0.6) is 0 Å². The lowest BCUT2D eigenvalue weighted by Gasteiger charge is -2.21. The molecule has 0 fully saturated rings. The maximum atomic E-state index is 11.9. The van der Waals surface area contributed by atoms with E-state index in [0.29, 0.717) is 12.1 Å². The van der Waals surface area contributed by atoms with Gasteiger partial charge in [-0.15, -0.1) is 0 Å². The Hall–Kier alpha value is -0.350. The van der Waals surface area contributed by atoms with Gasteiger partial charge in [0.25, 0.3) is 5.91 Å². The van der Waals surface area contributed by atoms with Gasteiger partial charge >= 0.3 is 0 Å². The number of benzene rings is 1. The first-order chi connectivity index (χ1) is 7.85. The molecule has 0 aliphatic heterocycles. The molecular weight excluding hydrogens is 346 g/mol. The molecule has 1 amide bonds. The Morgan fingerprint density at radius 1 is 1.41 bits per heavy atom. The Morgan fingerprint density at radius 2 is 2.06 bits per heavy atom. The molecule has 94 valence electrons. The molecule has 1 rings (SSSR count). The average molecular weight is 363 g/mol. The fourth-order valence-corrected chi connectivity index (χ4v) is 1.78. The third-order valence-corrected chi connectivity index (χ3v) is 4.90. The summed E-state index contributed by atoms with van der Waals surface area (Å²) in [4.78, 5) is 11.9. The third-order valence-electron chi connectivity index (χ3n) is 2.52. The molecule has 0 saturated carbocycles. The van der Waals surface area contributed by atoms with E-state index in [1.54, 1.807) is 0 Å². The molecule has 1 N–H and O–H groups in total. The summed E-state index contributed by atoms with van der Waals surface area (Å²) in [7, 11) is 0. The molecule has 0 bridgehead atoms. The largest absolute Gasteiger partial charge is 0.351 e. The van der Waals surface area contributed by atoms with Crippen molar-refractivity contribution in [3.63, 3.8) is 0 Å². The molecule has 17 heavy (non-hydrogen) atoms. The van der Waals surface area contributed by atoms with Gasteiger partial charge in [0.2, 0.25) is 0 Å². The third kappa shape index (κ3) is 4.43. The summed E-state index contributed by atoms with van der Waals surface area (Å²) in [6, 6.07) is 5.64. The van der Waals surface area contributed by atoms with Gasteiger partial charge in [0.15, 0.2) is 0 Å². The van der Waals surface area contributed by atoms with Gasteiger partial charge in [0.1, 0.15) is 0 Å². The van der Waals surface area contributed by atoms with Crippen molar-refractivity contribution < 1.29 is 4.79 Å². The molecule has 0 radical (unpaired) electrons. The Bertz CT molecular complexity index is 416. The van der Waals surface area contributed by atoms with Gasteiger partial charge in [-0.25, -0.2) is 0 Å². The molecular formula is C13H17Br2NO. The zero-order valence-electron chi connectivity index (χ0n) is 10.3. The summed E-state index contributed by atoms with van der Waals surface area (Å²) < 4.78 is 0.963. The summed E-state index contributed by atoms with van der Waals surface area (Å²) in [6.45, 7) is 6.86. The van der Waals surface area contributed by atoms with Crippen LogP contribution < -0.4 is 5.32 Å². The molecule has 1 aromatic carbocycles.